The van der Waals surface area contributed by atoms with Crippen molar-refractivity contribution in [1.29, 1.82) is 5.41 Å². The summed E-state index contributed by atoms with van der Waals surface area (Å²) in [5.41, 5.74) is -4.11. The molecule has 2 aromatic carbocycles. The zero-order chi connectivity index (χ0) is 61.9. The number of halogens is 10. The van der Waals surface area contributed by atoms with Gasteiger partial charge in [0.1, 0.15) is 29.5 Å². The number of rotatable bonds is 23. The number of allylic oxidation sites excluding steroid dienone is 4. The van der Waals surface area contributed by atoms with Crippen molar-refractivity contribution < 1.29 is 82.4 Å². The maximum atomic E-state index is 16.0. The normalized spacial score (nSPS) is 18.9. The number of hydrogen-bond acceptors (Lipinski definition) is 14. The number of aliphatic hydroxyl groups is 1. The highest BCUT2D eigenvalue weighted by Crippen LogP contribution is 2.42. The standard InChI is InChI=1S/C55H68F10N10O8/c1-30(31(2)20-44(67-7)73-24-35-16-17-36(25-73)75(35)37-28-83-29-37)10-11-32-12-14-33(15-13-32)21-42(69-47(77)45(70-50(79)81-8)52(3,4)54(60,61)62)43(76)27-74(72-48(78)46(71-51(80)82-9)53(5,6)55(63,64)65)26-38-39(56)22-34(23-40(38)57)41(66)18-19-68-49(58)59/h12-15,18-20,22-23,35-37,42-43,45-46,49,66,68,76H,7,16-17,21,24-29H2,1-6,8-9H3,(H,69,77)(H,70,79)(H,71,80)(H,72,78)/b19-18-,31-30+,44-20+,66-41?/t35?,36?,42-,43-,45+,46+/m0/s1. The number of hydrazine groups is 1. The van der Waals surface area contributed by atoms with Gasteiger partial charge in [-0.1, -0.05) is 24.0 Å². The molecule has 5 rings (SSSR count). The summed E-state index contributed by atoms with van der Waals surface area (Å²) < 4.78 is 159. The van der Waals surface area contributed by atoms with E-state index in [9.17, 15) is 59.4 Å². The number of carbonyl (C=O) groups is 4. The van der Waals surface area contributed by atoms with Gasteiger partial charge in [-0.15, -0.1) is 0 Å². The third-order valence-corrected chi connectivity index (χ3v) is 14.9. The molecule has 18 nitrogen and oxygen atoms in total. The second-order valence-corrected chi connectivity index (χ2v) is 21.3. The zero-order valence-electron chi connectivity index (χ0n) is 46.8. The molecule has 2 bridgehead atoms. The smallest absolute Gasteiger partial charge is 0.407 e. The molecule has 456 valence electrons. The Bertz CT molecular complexity index is 2810. The molecule has 3 heterocycles. The summed E-state index contributed by atoms with van der Waals surface area (Å²) in [5.74, 6) is 0.653. The Hall–Kier alpha value is -7.22. The summed E-state index contributed by atoms with van der Waals surface area (Å²) in [5, 5.41) is 28.1. The quantitative estimate of drug-likeness (QED) is 0.0150. The number of ether oxygens (including phenoxy) is 3. The van der Waals surface area contributed by atoms with E-state index < -0.39 is 126 Å². The van der Waals surface area contributed by atoms with Crippen LogP contribution >= 0.6 is 0 Å². The van der Waals surface area contributed by atoms with Crippen molar-refractivity contribution in [2.75, 3.05) is 47.1 Å². The maximum Gasteiger partial charge on any atom is 0.407 e. The van der Waals surface area contributed by atoms with Crippen LogP contribution in [0, 0.1) is 39.7 Å². The van der Waals surface area contributed by atoms with Crippen molar-refractivity contribution in [3.63, 3.8) is 0 Å². The average Bonchev–Trinajstić information content (AvgIpc) is 3.12. The first-order valence-corrected chi connectivity index (χ1v) is 25.9. The lowest BCUT2D eigenvalue weighted by atomic mass is 9.82. The number of fused-ring (bicyclic) bond motifs is 2. The van der Waals surface area contributed by atoms with Crippen molar-refractivity contribution in [3.8, 4) is 11.8 Å². The highest BCUT2D eigenvalue weighted by atomic mass is 19.4. The Kier molecular flexibility index (Phi) is 22.4. The van der Waals surface area contributed by atoms with Gasteiger partial charge in [-0.3, -0.25) is 19.9 Å². The van der Waals surface area contributed by atoms with E-state index in [1.54, 1.807) is 22.8 Å². The maximum absolute atomic E-state index is 16.0. The summed E-state index contributed by atoms with van der Waals surface area (Å²) in [6, 6.07) is 1.53. The lowest BCUT2D eigenvalue weighted by Crippen LogP contribution is -2.63. The Balaban J connectivity index is 1.51. The fourth-order valence-corrected chi connectivity index (χ4v) is 9.40. The molecule has 3 fully saturated rings. The van der Waals surface area contributed by atoms with Crippen LogP contribution in [0.5, 0.6) is 0 Å². The predicted molar refractivity (Wildman–Crippen MR) is 284 cm³/mol. The second-order valence-electron chi connectivity index (χ2n) is 21.3. The fraction of sp³-hybridized carbons (Fsp3) is 0.527. The van der Waals surface area contributed by atoms with E-state index in [1.165, 1.54) is 12.1 Å². The third kappa shape index (κ3) is 17.0. The molecule has 4 amide bonds. The molecule has 0 radical (unpaired) electrons. The molecule has 7 N–H and O–H groups in total. The van der Waals surface area contributed by atoms with Crippen LogP contribution in [0.25, 0.3) is 0 Å². The molecule has 0 spiro atoms. The molecular formula is C55H68F10N10O8. The molecule has 2 aromatic rings. The number of carbonyl (C=O) groups excluding carboxylic acids is 4. The van der Waals surface area contributed by atoms with Crippen molar-refractivity contribution in [3.05, 3.63) is 106 Å². The monoisotopic (exact) mass is 1190 g/mol. The van der Waals surface area contributed by atoms with Gasteiger partial charge in [-0.05, 0) is 115 Å². The van der Waals surface area contributed by atoms with Crippen molar-refractivity contribution in [1.82, 2.24) is 41.5 Å². The number of benzene rings is 2. The van der Waals surface area contributed by atoms with Crippen molar-refractivity contribution in [2.24, 2.45) is 15.8 Å². The van der Waals surface area contributed by atoms with Gasteiger partial charge in [0.2, 0.25) is 5.91 Å². The third-order valence-electron chi connectivity index (χ3n) is 14.9. The molecule has 0 aromatic heterocycles. The average molecular weight is 1190 g/mol. The molecule has 83 heavy (non-hydrogen) atoms. The first-order valence-electron chi connectivity index (χ1n) is 25.9. The summed E-state index contributed by atoms with van der Waals surface area (Å²) in [6.07, 6.45) is -10.7. The molecule has 3 aliphatic heterocycles. The molecule has 6 atom stereocenters. The van der Waals surface area contributed by atoms with Crippen LogP contribution in [0.1, 0.15) is 76.6 Å². The predicted octanol–water partition coefficient (Wildman–Crippen LogP) is 6.98. The minimum atomic E-state index is -5.24. The lowest BCUT2D eigenvalue weighted by Gasteiger charge is -2.48. The van der Waals surface area contributed by atoms with Gasteiger partial charge in [0.15, 0.2) is 0 Å². The Morgan fingerprint density at radius 1 is 0.867 bits per heavy atom. The number of alkyl halides is 8. The topological polar surface area (TPSA) is 222 Å². The van der Waals surface area contributed by atoms with Crippen molar-refractivity contribution >= 4 is 36.4 Å². The number of piperazine rings is 1. The van der Waals surface area contributed by atoms with Gasteiger partial charge in [-0.25, -0.2) is 28.4 Å². The van der Waals surface area contributed by atoms with E-state index in [0.29, 0.717) is 86.1 Å². The Morgan fingerprint density at radius 2 is 1.40 bits per heavy atom. The van der Waals surface area contributed by atoms with Crippen LogP contribution in [0.15, 0.2) is 76.7 Å². The van der Waals surface area contributed by atoms with Gasteiger partial charge in [-0.2, -0.15) is 35.1 Å². The van der Waals surface area contributed by atoms with Crippen LogP contribution in [0.4, 0.5) is 53.5 Å². The lowest BCUT2D eigenvalue weighted by molar-refractivity contribution is -0.221. The molecule has 0 saturated carbocycles. The molecule has 3 aliphatic rings. The zero-order valence-corrected chi connectivity index (χ0v) is 46.8. The number of alkyl carbamates (subject to hydrolysis) is 2. The number of nitrogens with zero attached hydrogens (tertiary/aromatic N) is 4. The molecule has 3 saturated heterocycles. The van der Waals surface area contributed by atoms with E-state index in [-0.39, 0.29) is 5.56 Å². The summed E-state index contributed by atoms with van der Waals surface area (Å²) in [7, 11) is 1.59. The summed E-state index contributed by atoms with van der Waals surface area (Å²) >= 11 is 0. The van der Waals surface area contributed by atoms with Crippen LogP contribution in [0.2, 0.25) is 0 Å². The summed E-state index contributed by atoms with van der Waals surface area (Å²) in [4.78, 5) is 62.0. The number of hydrogen-bond donors (Lipinski definition) is 7. The van der Waals surface area contributed by atoms with Gasteiger partial charge >= 0.3 is 31.1 Å². The first kappa shape index (κ1) is 66.6. The van der Waals surface area contributed by atoms with Gasteiger partial charge in [0, 0.05) is 66.7 Å². The van der Waals surface area contributed by atoms with Crippen LogP contribution < -0.4 is 26.7 Å². The van der Waals surface area contributed by atoms with E-state index >= 15 is 8.78 Å². The minimum Gasteiger partial charge on any atom is -0.453 e. The van der Waals surface area contributed by atoms with Gasteiger partial charge in [0.25, 0.3) is 5.91 Å². The van der Waals surface area contributed by atoms with E-state index in [0.717, 1.165) is 65.0 Å². The number of likely N-dealkylation sites (tertiary alicyclic amines) is 1. The second kappa shape index (κ2) is 27.9. The van der Waals surface area contributed by atoms with E-state index in [4.69, 9.17) is 10.1 Å². The van der Waals surface area contributed by atoms with E-state index in [1.807, 2.05) is 30.7 Å². The summed E-state index contributed by atoms with van der Waals surface area (Å²) in [6.45, 7) is 7.38. The number of amides is 4. The Morgan fingerprint density at radius 3 is 1.87 bits per heavy atom. The van der Waals surface area contributed by atoms with Crippen molar-refractivity contribution in [2.45, 2.75) is 129 Å². The minimum absolute atomic E-state index is 0.261. The Labute approximate surface area is 473 Å². The van der Waals surface area contributed by atoms with Gasteiger partial charge < -0.3 is 50.9 Å². The molecule has 2 unspecified atom stereocenters. The van der Waals surface area contributed by atoms with Gasteiger partial charge in [0.05, 0.1) is 62.2 Å². The number of aliphatic hydroxyl groups excluding tert-OH is 1. The SMILES string of the molecule is C=N/C(=C\C(C)=C(/C)C#Cc1ccc(C[C@H](NC(=O)[C@@H](NC(=O)OC)C(C)(C)C(F)(F)F)[C@@H](O)CN(Cc2c(F)cc(C(=N)/C=C\NC(F)F)cc2F)NC(=O)[C@@H](NC(=O)OC)C(C)(C)C(F)(F)F)cc1)N1CC2CCC(C1)N2C1COC1. The first-order chi connectivity index (χ1) is 38.7. The van der Waals surface area contributed by atoms with Crippen LogP contribution in [-0.4, -0.2) is 165 Å². The van der Waals surface area contributed by atoms with Crippen LogP contribution in [0.3, 0.4) is 0 Å². The molecular weight excluding hydrogens is 1120 g/mol. The van der Waals surface area contributed by atoms with Crippen LogP contribution in [-0.2, 0) is 36.8 Å². The molecule has 28 heteroatoms. The molecule has 0 aliphatic carbocycles. The highest BCUT2D eigenvalue weighted by molar-refractivity contribution is 6.06. The number of methoxy groups -OCH3 is 2. The number of nitrogens with one attached hydrogen (secondary N) is 6. The highest BCUT2D eigenvalue weighted by Gasteiger charge is 2.57. The largest absolute Gasteiger partial charge is 0.453 e. The fourth-order valence-electron chi connectivity index (χ4n) is 9.40. The number of aliphatic imine (C=N–C) groups is 1. The van der Waals surface area contributed by atoms with E-state index in [2.05, 4.69) is 48.1 Å².